The minimum atomic E-state index is -0.505. The molecular formula is C23H24N4O5. The number of amides is 2. The Labute approximate surface area is 184 Å². The Hall–Kier alpha value is -3.85. The first-order valence-electron chi connectivity index (χ1n) is 10.2. The van der Waals surface area contributed by atoms with Gasteiger partial charge in [-0.1, -0.05) is 0 Å². The number of aromatic nitrogens is 1. The second-order valence-corrected chi connectivity index (χ2v) is 7.66. The number of aliphatic hydroxyl groups is 1. The molecule has 0 bridgehead atoms. The van der Waals surface area contributed by atoms with Crippen molar-refractivity contribution in [1.82, 2.24) is 15.2 Å². The van der Waals surface area contributed by atoms with Crippen molar-refractivity contribution in [3.8, 4) is 5.75 Å². The lowest BCUT2D eigenvalue weighted by molar-refractivity contribution is -0.0357. The van der Waals surface area contributed by atoms with Crippen LogP contribution < -0.4 is 10.1 Å². The number of hydrogen-bond acceptors (Lipinski definition) is 6. The first-order valence-corrected chi connectivity index (χ1v) is 10.2. The van der Waals surface area contributed by atoms with Crippen LogP contribution in [0.15, 0.2) is 41.0 Å². The SMILES string of the molecule is CNC(=O)c1cc2ccc(O/C(=C/C=N)c3[nH]cc(C(=O)N4CC(O)C4C)c3C)cc2o1. The summed E-state index contributed by atoms with van der Waals surface area (Å²) in [5, 5.41) is 20.5. The highest BCUT2D eigenvalue weighted by Gasteiger charge is 2.38. The lowest BCUT2D eigenvalue weighted by Gasteiger charge is -2.43. The summed E-state index contributed by atoms with van der Waals surface area (Å²) in [5.74, 6) is 0.506. The van der Waals surface area contributed by atoms with Gasteiger partial charge in [0.2, 0.25) is 0 Å². The van der Waals surface area contributed by atoms with Crippen LogP contribution in [0.25, 0.3) is 16.7 Å². The molecule has 0 saturated carbocycles. The van der Waals surface area contributed by atoms with Crippen LogP contribution in [0.2, 0.25) is 0 Å². The van der Waals surface area contributed by atoms with E-state index in [2.05, 4.69) is 10.3 Å². The standard InChI is InChI=1S/C23H24N4O5/c1-12-16(23(30)27-11-17(28)13(27)2)10-26-21(12)18(6-7-24)31-15-5-4-14-8-20(22(29)25-3)32-19(14)9-15/h4-10,13,17,24,26,28H,11H2,1-3H3,(H,25,29)/b18-6+,24-7?. The van der Waals surface area contributed by atoms with E-state index in [-0.39, 0.29) is 23.6 Å². The molecule has 2 atom stereocenters. The molecule has 1 aliphatic heterocycles. The van der Waals surface area contributed by atoms with Crippen molar-refractivity contribution in [3.05, 3.63) is 59.1 Å². The number of carbonyl (C=O) groups excluding carboxylic acids is 2. The van der Waals surface area contributed by atoms with Crippen LogP contribution in [0.5, 0.6) is 5.75 Å². The minimum absolute atomic E-state index is 0.171. The van der Waals surface area contributed by atoms with Crippen molar-refractivity contribution >= 4 is 34.8 Å². The molecular weight excluding hydrogens is 412 g/mol. The lowest BCUT2D eigenvalue weighted by atomic mass is 9.99. The highest BCUT2D eigenvalue weighted by molar-refractivity contribution is 5.98. The van der Waals surface area contributed by atoms with E-state index in [1.165, 1.54) is 13.1 Å². The van der Waals surface area contributed by atoms with Gasteiger partial charge >= 0.3 is 0 Å². The first kappa shape index (κ1) is 21.4. The zero-order chi connectivity index (χ0) is 23.0. The van der Waals surface area contributed by atoms with Crippen LogP contribution in [-0.4, -0.2) is 58.8 Å². The zero-order valence-corrected chi connectivity index (χ0v) is 17.9. The van der Waals surface area contributed by atoms with Crippen molar-refractivity contribution in [3.63, 3.8) is 0 Å². The molecule has 2 aromatic heterocycles. The lowest BCUT2D eigenvalue weighted by Crippen LogP contribution is -2.60. The maximum atomic E-state index is 12.8. The summed E-state index contributed by atoms with van der Waals surface area (Å²) in [5.41, 5.74) is 2.21. The topological polar surface area (TPSA) is 132 Å². The van der Waals surface area contributed by atoms with Crippen molar-refractivity contribution < 1.29 is 23.8 Å². The number of nitrogens with zero attached hydrogens (tertiary/aromatic N) is 1. The number of β-amino-alcohol motifs (C(OH)–C–C–N with tert-alkyl or cyclic N) is 1. The Morgan fingerprint density at radius 1 is 1.38 bits per heavy atom. The third-order valence-electron chi connectivity index (χ3n) is 5.71. The van der Waals surface area contributed by atoms with Gasteiger partial charge in [-0.05, 0) is 37.6 Å². The number of fused-ring (bicyclic) bond motifs is 1. The average molecular weight is 436 g/mol. The first-order chi connectivity index (χ1) is 15.3. The van der Waals surface area contributed by atoms with Crippen LogP contribution in [-0.2, 0) is 0 Å². The van der Waals surface area contributed by atoms with Crippen molar-refractivity contribution in [2.45, 2.75) is 26.0 Å². The summed E-state index contributed by atoms with van der Waals surface area (Å²) >= 11 is 0. The van der Waals surface area contributed by atoms with Gasteiger partial charge in [-0.2, -0.15) is 0 Å². The maximum absolute atomic E-state index is 12.8. The third-order valence-corrected chi connectivity index (χ3v) is 5.71. The number of benzene rings is 1. The highest BCUT2D eigenvalue weighted by Crippen LogP contribution is 2.30. The number of aromatic amines is 1. The Balaban J connectivity index is 1.60. The predicted octanol–water partition coefficient (Wildman–Crippen LogP) is 2.70. The second kappa shape index (κ2) is 8.35. The number of likely N-dealkylation sites (tertiary alicyclic amines) is 1. The summed E-state index contributed by atoms with van der Waals surface area (Å²) in [6, 6.07) is 6.58. The van der Waals surface area contributed by atoms with Crippen molar-refractivity contribution in [1.29, 1.82) is 5.41 Å². The summed E-state index contributed by atoms with van der Waals surface area (Å²) in [7, 11) is 1.53. The fourth-order valence-electron chi connectivity index (χ4n) is 3.67. The third kappa shape index (κ3) is 3.67. The van der Waals surface area contributed by atoms with Gasteiger partial charge in [0.05, 0.1) is 23.4 Å². The Morgan fingerprint density at radius 2 is 2.16 bits per heavy atom. The van der Waals surface area contributed by atoms with Gasteiger partial charge in [0.15, 0.2) is 11.5 Å². The number of allylic oxidation sites excluding steroid dienone is 1. The van der Waals surface area contributed by atoms with Crippen LogP contribution >= 0.6 is 0 Å². The summed E-state index contributed by atoms with van der Waals surface area (Å²) < 4.78 is 11.6. The largest absolute Gasteiger partial charge is 0.455 e. The van der Waals surface area contributed by atoms with E-state index in [9.17, 15) is 14.7 Å². The fraction of sp³-hybridized carbons (Fsp3) is 0.261. The molecule has 0 radical (unpaired) electrons. The number of nitrogens with one attached hydrogen (secondary N) is 3. The number of aliphatic hydroxyl groups excluding tert-OH is 1. The molecule has 2 amide bonds. The predicted molar refractivity (Wildman–Crippen MR) is 119 cm³/mol. The Kier molecular flexibility index (Phi) is 5.58. The molecule has 3 aromatic rings. The van der Waals surface area contributed by atoms with Crippen LogP contribution in [0.3, 0.4) is 0 Å². The van der Waals surface area contributed by atoms with E-state index >= 15 is 0 Å². The minimum Gasteiger partial charge on any atom is -0.455 e. The van der Waals surface area contributed by atoms with E-state index in [1.54, 1.807) is 49.2 Å². The van der Waals surface area contributed by atoms with Gasteiger partial charge in [-0.3, -0.25) is 9.59 Å². The zero-order valence-electron chi connectivity index (χ0n) is 17.9. The smallest absolute Gasteiger partial charge is 0.286 e. The Morgan fingerprint density at radius 3 is 2.81 bits per heavy atom. The van der Waals surface area contributed by atoms with Gasteiger partial charge in [0, 0.05) is 43.5 Å². The molecule has 0 spiro atoms. The van der Waals surface area contributed by atoms with Gasteiger partial charge < -0.3 is 34.9 Å². The normalized spacial score (nSPS) is 18.4. The van der Waals surface area contributed by atoms with Gasteiger partial charge in [0.25, 0.3) is 11.8 Å². The molecule has 3 heterocycles. The van der Waals surface area contributed by atoms with Crippen LogP contribution in [0, 0.1) is 12.3 Å². The van der Waals surface area contributed by atoms with Gasteiger partial charge in [0.1, 0.15) is 11.3 Å². The van der Waals surface area contributed by atoms with Crippen LogP contribution in [0.4, 0.5) is 0 Å². The number of ether oxygens (including phenoxy) is 1. The van der Waals surface area contributed by atoms with E-state index < -0.39 is 6.10 Å². The molecule has 9 heteroatoms. The van der Waals surface area contributed by atoms with E-state index in [4.69, 9.17) is 14.6 Å². The molecule has 4 rings (SSSR count). The molecule has 166 valence electrons. The highest BCUT2D eigenvalue weighted by atomic mass is 16.5. The number of hydrogen-bond donors (Lipinski definition) is 4. The van der Waals surface area contributed by atoms with E-state index in [0.29, 0.717) is 40.5 Å². The van der Waals surface area contributed by atoms with Crippen molar-refractivity contribution in [2.75, 3.05) is 13.6 Å². The molecule has 9 nitrogen and oxygen atoms in total. The average Bonchev–Trinajstić information content (AvgIpc) is 3.39. The maximum Gasteiger partial charge on any atom is 0.286 e. The number of furan rings is 1. The van der Waals surface area contributed by atoms with E-state index in [1.807, 2.05) is 0 Å². The molecule has 1 aliphatic rings. The second-order valence-electron chi connectivity index (χ2n) is 7.66. The van der Waals surface area contributed by atoms with Crippen molar-refractivity contribution in [2.24, 2.45) is 0 Å². The Bertz CT molecular complexity index is 1240. The van der Waals surface area contributed by atoms with Gasteiger partial charge in [-0.15, -0.1) is 0 Å². The fourth-order valence-corrected chi connectivity index (χ4v) is 3.67. The molecule has 1 saturated heterocycles. The van der Waals surface area contributed by atoms with Crippen LogP contribution in [0.1, 0.15) is 39.1 Å². The van der Waals surface area contributed by atoms with E-state index in [0.717, 1.165) is 11.6 Å². The number of rotatable bonds is 6. The number of H-pyrrole nitrogens is 1. The summed E-state index contributed by atoms with van der Waals surface area (Å²) in [6.07, 6.45) is 3.68. The summed E-state index contributed by atoms with van der Waals surface area (Å²) in [4.78, 5) is 29.3. The van der Waals surface area contributed by atoms with Gasteiger partial charge in [-0.25, -0.2) is 0 Å². The molecule has 0 aliphatic carbocycles. The molecule has 32 heavy (non-hydrogen) atoms. The quantitative estimate of drug-likeness (QED) is 0.348. The molecule has 1 aromatic carbocycles. The monoisotopic (exact) mass is 436 g/mol. The molecule has 4 N–H and O–H groups in total. The molecule has 2 unspecified atom stereocenters. The summed E-state index contributed by atoms with van der Waals surface area (Å²) in [6.45, 7) is 3.91. The molecule has 1 fully saturated rings. The number of carbonyl (C=O) groups is 2.